The summed E-state index contributed by atoms with van der Waals surface area (Å²) in [5.74, 6) is 0.201. The Morgan fingerprint density at radius 2 is 2.11 bits per heavy atom. The van der Waals surface area contributed by atoms with E-state index in [2.05, 4.69) is 16.0 Å². The summed E-state index contributed by atoms with van der Waals surface area (Å²) in [5, 5.41) is 8.95. The maximum atomic E-state index is 12.6. The molecule has 6 nitrogen and oxygen atoms in total. The van der Waals surface area contributed by atoms with Crippen LogP contribution in [-0.4, -0.2) is 53.5 Å². The molecule has 7 heteroatoms. The Morgan fingerprint density at radius 1 is 1.26 bits per heavy atom. The molecule has 1 spiro atoms. The smallest absolute Gasteiger partial charge is 0.223 e. The highest BCUT2D eigenvalue weighted by Crippen LogP contribution is 2.35. The van der Waals surface area contributed by atoms with Gasteiger partial charge in [-0.3, -0.25) is 14.7 Å². The molecule has 0 N–H and O–H groups in total. The van der Waals surface area contributed by atoms with Crippen LogP contribution in [0.4, 0.5) is 0 Å². The molecular weight excluding hydrogens is 360 g/mol. The minimum atomic E-state index is -0.148. The first kappa shape index (κ1) is 18.1. The lowest BCUT2D eigenvalue weighted by Crippen LogP contribution is -2.40. The molecule has 27 heavy (non-hydrogen) atoms. The molecule has 4 rings (SSSR count). The predicted molar refractivity (Wildman–Crippen MR) is 102 cm³/mol. The van der Waals surface area contributed by atoms with Gasteiger partial charge in [-0.1, -0.05) is 12.1 Å². The van der Waals surface area contributed by atoms with Crippen LogP contribution >= 0.6 is 11.3 Å². The lowest BCUT2D eigenvalue weighted by molar-refractivity contribution is -0.128. The van der Waals surface area contributed by atoms with Crippen LogP contribution in [0.1, 0.15) is 22.4 Å². The Balaban J connectivity index is 1.44. The third kappa shape index (κ3) is 4.19. The van der Waals surface area contributed by atoms with Gasteiger partial charge in [0.15, 0.2) is 0 Å². The van der Waals surface area contributed by atoms with E-state index in [1.54, 1.807) is 16.8 Å². The van der Waals surface area contributed by atoms with E-state index in [4.69, 9.17) is 10.00 Å². The average Bonchev–Trinajstić information content (AvgIpc) is 3.22. The second kappa shape index (κ2) is 7.77. The van der Waals surface area contributed by atoms with Crippen molar-refractivity contribution in [3.8, 4) is 6.07 Å². The number of aromatic nitrogens is 1. The van der Waals surface area contributed by atoms with Crippen molar-refractivity contribution in [1.82, 2.24) is 14.8 Å². The van der Waals surface area contributed by atoms with Gasteiger partial charge in [0.05, 0.1) is 36.9 Å². The lowest BCUT2D eigenvalue weighted by atomic mass is 9.87. The number of carbonyl (C=O) groups excluding carboxylic acids is 1. The summed E-state index contributed by atoms with van der Waals surface area (Å²) < 4.78 is 5.90. The molecule has 140 valence electrons. The van der Waals surface area contributed by atoms with Crippen LogP contribution in [0.25, 0.3) is 0 Å². The highest BCUT2D eigenvalue weighted by Gasteiger charge is 2.45. The third-order valence-electron chi connectivity index (χ3n) is 5.24. The summed E-state index contributed by atoms with van der Waals surface area (Å²) in [6, 6.07) is 9.88. The van der Waals surface area contributed by atoms with Crippen molar-refractivity contribution >= 4 is 17.2 Å². The Hall–Kier alpha value is -2.27. The number of likely N-dealkylation sites (tertiary alicyclic amines) is 1. The topological polar surface area (TPSA) is 69.5 Å². The normalized spacial score (nSPS) is 23.5. The number of benzene rings is 1. The van der Waals surface area contributed by atoms with Gasteiger partial charge in [-0.15, -0.1) is 11.3 Å². The van der Waals surface area contributed by atoms with Gasteiger partial charge in [-0.05, 0) is 17.7 Å². The molecule has 0 saturated carbocycles. The lowest BCUT2D eigenvalue weighted by Gasteiger charge is -2.31. The number of nitriles is 1. The van der Waals surface area contributed by atoms with Crippen molar-refractivity contribution in [2.24, 2.45) is 5.41 Å². The van der Waals surface area contributed by atoms with E-state index in [9.17, 15) is 4.79 Å². The first-order valence-corrected chi connectivity index (χ1v) is 9.98. The molecule has 2 aliphatic rings. The molecule has 2 fully saturated rings. The van der Waals surface area contributed by atoms with E-state index in [0.29, 0.717) is 31.7 Å². The number of nitrogens with zero attached hydrogens (tertiary/aromatic N) is 4. The molecule has 0 aliphatic carbocycles. The molecule has 2 aliphatic heterocycles. The number of carbonyl (C=O) groups is 1. The molecule has 0 unspecified atom stereocenters. The molecule has 2 aromatic rings. The monoisotopic (exact) mass is 382 g/mol. The van der Waals surface area contributed by atoms with E-state index in [-0.39, 0.29) is 11.3 Å². The zero-order chi connectivity index (χ0) is 18.7. The Bertz CT molecular complexity index is 831. The third-order valence-corrected chi connectivity index (χ3v) is 6.01. The fourth-order valence-corrected chi connectivity index (χ4v) is 4.60. The predicted octanol–water partition coefficient (Wildman–Crippen LogP) is 2.27. The fourth-order valence-electron chi connectivity index (χ4n) is 4.00. The van der Waals surface area contributed by atoms with Gasteiger partial charge >= 0.3 is 0 Å². The molecule has 1 atom stereocenters. The van der Waals surface area contributed by atoms with Crippen LogP contribution < -0.4 is 0 Å². The van der Waals surface area contributed by atoms with Gasteiger partial charge in [0, 0.05) is 49.1 Å². The molecule has 2 saturated heterocycles. The van der Waals surface area contributed by atoms with Crippen molar-refractivity contribution in [3.05, 3.63) is 52.0 Å². The molecule has 1 aromatic carbocycles. The van der Waals surface area contributed by atoms with Crippen molar-refractivity contribution in [2.45, 2.75) is 19.5 Å². The van der Waals surface area contributed by atoms with E-state index in [1.165, 1.54) is 5.56 Å². The first-order chi connectivity index (χ1) is 13.2. The second-order valence-electron chi connectivity index (χ2n) is 7.47. The van der Waals surface area contributed by atoms with Crippen molar-refractivity contribution in [1.29, 1.82) is 5.26 Å². The number of hydrogen-bond acceptors (Lipinski definition) is 6. The molecule has 1 amide bonds. The molecule has 1 aromatic heterocycles. The first-order valence-electron chi connectivity index (χ1n) is 9.10. The summed E-state index contributed by atoms with van der Waals surface area (Å²) in [6.45, 7) is 5.18. The zero-order valence-corrected chi connectivity index (χ0v) is 16.0. The SMILES string of the molecule is N#Cc1ccc(CN2CCOC[C@@]3(CC(=O)N(Cc4cncs4)C3)C2)cc1. The van der Waals surface area contributed by atoms with Crippen LogP contribution in [0, 0.1) is 16.7 Å². The minimum absolute atomic E-state index is 0.148. The molecular formula is C20H22N4O2S. The van der Waals surface area contributed by atoms with E-state index < -0.39 is 0 Å². The quantitative estimate of drug-likeness (QED) is 0.811. The zero-order valence-electron chi connectivity index (χ0n) is 15.1. The fraction of sp³-hybridized carbons (Fsp3) is 0.450. The summed E-state index contributed by atoms with van der Waals surface area (Å²) in [4.78, 5) is 22.2. The van der Waals surface area contributed by atoms with Gasteiger partial charge in [0.25, 0.3) is 0 Å². The van der Waals surface area contributed by atoms with Gasteiger partial charge in [-0.2, -0.15) is 5.26 Å². The van der Waals surface area contributed by atoms with Crippen molar-refractivity contribution in [2.75, 3.05) is 32.8 Å². The van der Waals surface area contributed by atoms with Gasteiger partial charge in [0.1, 0.15) is 0 Å². The van der Waals surface area contributed by atoms with E-state index >= 15 is 0 Å². The number of ether oxygens (including phenoxy) is 1. The highest BCUT2D eigenvalue weighted by atomic mass is 32.1. The largest absolute Gasteiger partial charge is 0.379 e. The maximum absolute atomic E-state index is 12.6. The van der Waals surface area contributed by atoms with Gasteiger partial charge in [0.2, 0.25) is 5.91 Å². The summed E-state index contributed by atoms with van der Waals surface area (Å²) >= 11 is 1.59. The van der Waals surface area contributed by atoms with Crippen molar-refractivity contribution in [3.63, 3.8) is 0 Å². The number of rotatable bonds is 4. The van der Waals surface area contributed by atoms with Crippen molar-refractivity contribution < 1.29 is 9.53 Å². The average molecular weight is 382 g/mol. The number of thiazole rings is 1. The Labute approximate surface area is 163 Å². The molecule has 3 heterocycles. The maximum Gasteiger partial charge on any atom is 0.223 e. The number of amides is 1. The molecule has 0 bridgehead atoms. The van der Waals surface area contributed by atoms with Gasteiger partial charge in [-0.25, -0.2) is 0 Å². The summed E-state index contributed by atoms with van der Waals surface area (Å²) in [6.07, 6.45) is 2.37. The molecule has 0 radical (unpaired) electrons. The van der Waals surface area contributed by atoms with E-state index in [0.717, 1.165) is 31.1 Å². The van der Waals surface area contributed by atoms with Crippen LogP contribution in [0.3, 0.4) is 0 Å². The summed E-state index contributed by atoms with van der Waals surface area (Å²) in [7, 11) is 0. The van der Waals surface area contributed by atoms with E-state index in [1.807, 2.05) is 35.4 Å². The minimum Gasteiger partial charge on any atom is -0.379 e. The van der Waals surface area contributed by atoms with Gasteiger partial charge < -0.3 is 9.64 Å². The van der Waals surface area contributed by atoms with Crippen LogP contribution in [0.5, 0.6) is 0 Å². The van der Waals surface area contributed by atoms with Crippen LogP contribution in [0.15, 0.2) is 36.0 Å². The Morgan fingerprint density at radius 3 is 2.85 bits per heavy atom. The second-order valence-corrected chi connectivity index (χ2v) is 8.44. The van der Waals surface area contributed by atoms with Crippen LogP contribution in [-0.2, 0) is 22.6 Å². The highest BCUT2D eigenvalue weighted by molar-refractivity contribution is 7.09. The number of hydrogen-bond donors (Lipinski definition) is 0. The standard InChI is InChI=1S/C20H22N4O2S/c21-8-16-1-3-17(4-2-16)10-23-5-6-26-14-20(12-23)7-19(25)24(13-20)11-18-9-22-15-27-18/h1-4,9,15H,5-7,10-14H2/t20-/m0/s1. The van der Waals surface area contributed by atoms with Crippen LogP contribution in [0.2, 0.25) is 0 Å². The summed E-state index contributed by atoms with van der Waals surface area (Å²) in [5.41, 5.74) is 3.51. The Kier molecular flexibility index (Phi) is 5.21.